The Balaban J connectivity index is 1.85. The lowest BCUT2D eigenvalue weighted by atomic mass is 9.99. The van der Waals surface area contributed by atoms with Crippen LogP contribution in [0, 0.1) is 0 Å². The number of carbonyl (C=O) groups is 3. The minimum atomic E-state index is -1.29. The van der Waals surface area contributed by atoms with Crippen LogP contribution in [0.15, 0.2) is 24.3 Å². The highest BCUT2D eigenvalue weighted by molar-refractivity contribution is 6.03. The Hall–Kier alpha value is -2.57. The Kier molecular flexibility index (Phi) is 3.94. The van der Waals surface area contributed by atoms with Gasteiger partial charge in [0.15, 0.2) is 0 Å². The molecular weight excluding hydrogens is 298 g/mol. The molecule has 1 aromatic carbocycles. The van der Waals surface area contributed by atoms with Crippen LogP contribution in [-0.2, 0) is 9.59 Å². The number of fused-ring (bicyclic) bond motifs is 1. The molecule has 7 heteroatoms. The van der Waals surface area contributed by atoms with Gasteiger partial charge in [0, 0.05) is 18.1 Å². The van der Waals surface area contributed by atoms with Crippen molar-refractivity contribution in [2.45, 2.75) is 44.2 Å². The Labute approximate surface area is 133 Å². The van der Waals surface area contributed by atoms with E-state index in [1.165, 1.54) is 5.01 Å². The van der Waals surface area contributed by atoms with Crippen molar-refractivity contribution in [3.8, 4) is 0 Å². The molecule has 122 valence electrons. The fourth-order valence-electron chi connectivity index (χ4n) is 3.26. The fraction of sp³-hybridized carbons (Fsp3) is 0.438. The molecular formula is C16H18N3O4-. The highest BCUT2D eigenvalue weighted by Crippen LogP contribution is 2.40. The van der Waals surface area contributed by atoms with E-state index < -0.39 is 17.5 Å². The van der Waals surface area contributed by atoms with Crippen LogP contribution in [0.3, 0.4) is 0 Å². The minimum absolute atomic E-state index is 0.218. The van der Waals surface area contributed by atoms with Crippen molar-refractivity contribution in [2.75, 3.05) is 5.32 Å². The summed E-state index contributed by atoms with van der Waals surface area (Å²) >= 11 is 0. The lowest BCUT2D eigenvalue weighted by molar-refractivity contribution is -0.305. The van der Waals surface area contributed by atoms with Crippen molar-refractivity contribution < 1.29 is 19.5 Å². The molecule has 1 aliphatic carbocycles. The second kappa shape index (κ2) is 5.91. The molecule has 1 heterocycles. The monoisotopic (exact) mass is 316 g/mol. The number of hydrogen-bond acceptors (Lipinski definition) is 5. The van der Waals surface area contributed by atoms with Crippen molar-refractivity contribution in [1.82, 2.24) is 10.4 Å². The topological polar surface area (TPSA) is 102 Å². The molecule has 23 heavy (non-hydrogen) atoms. The highest BCUT2D eigenvalue weighted by atomic mass is 16.4. The number of carbonyl (C=O) groups excluding carboxylic acids is 3. The van der Waals surface area contributed by atoms with Crippen molar-refractivity contribution >= 4 is 23.5 Å². The number of nitrogens with one attached hydrogen (secondary N) is 2. The largest absolute Gasteiger partial charge is 0.550 e. The summed E-state index contributed by atoms with van der Waals surface area (Å²) in [6, 6.07) is 7.17. The number of anilines is 1. The molecule has 0 saturated heterocycles. The van der Waals surface area contributed by atoms with E-state index >= 15 is 0 Å². The van der Waals surface area contributed by atoms with E-state index in [9.17, 15) is 19.5 Å². The molecule has 1 aliphatic heterocycles. The molecule has 2 aliphatic rings. The molecule has 7 nitrogen and oxygen atoms in total. The second-order valence-corrected chi connectivity index (χ2v) is 5.96. The van der Waals surface area contributed by atoms with Gasteiger partial charge < -0.3 is 15.2 Å². The number of hydrazine groups is 1. The predicted octanol–water partition coefficient (Wildman–Crippen LogP) is 0.386. The first-order valence-corrected chi connectivity index (χ1v) is 7.73. The number of nitrogens with zero attached hydrogens (tertiary/aromatic N) is 1. The molecule has 1 fully saturated rings. The number of carboxylic acid groups (broad SMARTS) is 1. The van der Waals surface area contributed by atoms with Crippen LogP contribution in [0.4, 0.5) is 5.69 Å². The SMILES string of the molecule is O=C([O-])CCC(=O)NN1C(=O)c2ccccc2NC12CCCC2. The van der Waals surface area contributed by atoms with Crippen LogP contribution in [0.5, 0.6) is 0 Å². The van der Waals surface area contributed by atoms with Gasteiger partial charge in [-0.25, -0.2) is 5.01 Å². The summed E-state index contributed by atoms with van der Waals surface area (Å²) in [5.74, 6) is -2.07. The van der Waals surface area contributed by atoms with Gasteiger partial charge in [0.1, 0.15) is 5.66 Å². The van der Waals surface area contributed by atoms with Gasteiger partial charge in [0.2, 0.25) is 5.91 Å². The molecule has 1 saturated carbocycles. The van der Waals surface area contributed by atoms with Crippen LogP contribution >= 0.6 is 0 Å². The zero-order valence-corrected chi connectivity index (χ0v) is 12.6. The molecule has 2 amide bonds. The van der Waals surface area contributed by atoms with Crippen LogP contribution in [0.2, 0.25) is 0 Å². The quantitative estimate of drug-likeness (QED) is 0.836. The van der Waals surface area contributed by atoms with Crippen molar-refractivity contribution in [2.24, 2.45) is 0 Å². The third-order valence-corrected chi connectivity index (χ3v) is 4.38. The smallest absolute Gasteiger partial charge is 0.276 e. The summed E-state index contributed by atoms with van der Waals surface area (Å²) < 4.78 is 0. The van der Waals surface area contributed by atoms with Gasteiger partial charge >= 0.3 is 0 Å². The maximum absolute atomic E-state index is 12.8. The maximum atomic E-state index is 12.8. The average Bonchev–Trinajstić information content (AvgIpc) is 2.98. The van der Waals surface area contributed by atoms with E-state index in [1.807, 2.05) is 12.1 Å². The van der Waals surface area contributed by atoms with Gasteiger partial charge in [-0.15, -0.1) is 0 Å². The molecule has 0 atom stereocenters. The van der Waals surface area contributed by atoms with E-state index in [-0.39, 0.29) is 18.7 Å². The Morgan fingerprint density at radius 1 is 1.22 bits per heavy atom. The Morgan fingerprint density at radius 3 is 2.61 bits per heavy atom. The number of para-hydroxylation sites is 1. The van der Waals surface area contributed by atoms with Gasteiger partial charge in [-0.3, -0.25) is 15.0 Å². The Morgan fingerprint density at radius 2 is 1.91 bits per heavy atom. The molecule has 0 bridgehead atoms. The van der Waals surface area contributed by atoms with Gasteiger partial charge in [0.05, 0.1) is 5.56 Å². The highest BCUT2D eigenvalue weighted by Gasteiger charge is 2.47. The number of amides is 2. The summed E-state index contributed by atoms with van der Waals surface area (Å²) in [4.78, 5) is 35.3. The van der Waals surface area contributed by atoms with E-state index in [1.54, 1.807) is 12.1 Å². The molecule has 1 aromatic rings. The first-order chi connectivity index (χ1) is 11.0. The van der Waals surface area contributed by atoms with Gasteiger partial charge in [0.25, 0.3) is 5.91 Å². The molecule has 0 aromatic heterocycles. The van der Waals surface area contributed by atoms with Gasteiger partial charge in [-0.2, -0.15) is 0 Å². The van der Waals surface area contributed by atoms with Crippen molar-refractivity contribution in [3.63, 3.8) is 0 Å². The summed E-state index contributed by atoms with van der Waals surface area (Å²) in [6.45, 7) is 0. The van der Waals surface area contributed by atoms with Crippen molar-refractivity contribution in [1.29, 1.82) is 0 Å². The number of rotatable bonds is 4. The molecule has 3 rings (SSSR count). The number of benzene rings is 1. The van der Waals surface area contributed by atoms with E-state index in [0.717, 1.165) is 31.4 Å². The Bertz CT molecular complexity index is 652. The lowest BCUT2D eigenvalue weighted by Crippen LogP contribution is -2.64. The summed E-state index contributed by atoms with van der Waals surface area (Å²) in [7, 11) is 0. The number of carboxylic acids is 1. The summed E-state index contributed by atoms with van der Waals surface area (Å²) in [5, 5.41) is 15.2. The zero-order valence-electron chi connectivity index (χ0n) is 12.6. The summed E-state index contributed by atoms with van der Waals surface area (Å²) in [6.07, 6.45) is 2.78. The maximum Gasteiger partial charge on any atom is 0.276 e. The van der Waals surface area contributed by atoms with Crippen molar-refractivity contribution in [3.05, 3.63) is 29.8 Å². The van der Waals surface area contributed by atoms with Gasteiger partial charge in [-0.05, 0) is 44.2 Å². The fourth-order valence-corrected chi connectivity index (χ4v) is 3.26. The van der Waals surface area contributed by atoms with Crippen LogP contribution < -0.4 is 15.8 Å². The van der Waals surface area contributed by atoms with E-state index in [2.05, 4.69) is 10.7 Å². The predicted molar refractivity (Wildman–Crippen MR) is 79.8 cm³/mol. The van der Waals surface area contributed by atoms with E-state index in [4.69, 9.17) is 0 Å². The number of aliphatic carboxylic acids is 1. The number of hydrogen-bond donors (Lipinski definition) is 2. The molecule has 1 spiro atoms. The molecule has 0 unspecified atom stereocenters. The van der Waals surface area contributed by atoms with Crippen LogP contribution in [0.25, 0.3) is 0 Å². The average molecular weight is 316 g/mol. The first kappa shape index (κ1) is 15.3. The summed E-state index contributed by atoms with van der Waals surface area (Å²) in [5.41, 5.74) is 3.21. The third kappa shape index (κ3) is 2.86. The first-order valence-electron chi connectivity index (χ1n) is 7.73. The third-order valence-electron chi connectivity index (χ3n) is 4.38. The van der Waals surface area contributed by atoms with E-state index in [0.29, 0.717) is 5.56 Å². The minimum Gasteiger partial charge on any atom is -0.550 e. The normalized spacial score (nSPS) is 18.4. The lowest BCUT2D eigenvalue weighted by Gasteiger charge is -2.45. The molecule has 0 radical (unpaired) electrons. The van der Waals surface area contributed by atoms with Crippen LogP contribution in [0.1, 0.15) is 48.9 Å². The van der Waals surface area contributed by atoms with Gasteiger partial charge in [-0.1, -0.05) is 12.1 Å². The standard InChI is InChI=1S/C16H19N3O4/c20-13(7-8-14(21)22)18-19-15(23)11-5-1-2-6-12(11)17-16(19)9-3-4-10-16/h1-2,5-6,17H,3-4,7-10H2,(H,18,20)(H,21,22)/p-1. The van der Waals surface area contributed by atoms with Crippen LogP contribution in [-0.4, -0.2) is 28.5 Å². The zero-order chi connectivity index (χ0) is 16.4. The molecule has 2 N–H and O–H groups in total. The second-order valence-electron chi connectivity index (χ2n) is 5.96.